The van der Waals surface area contributed by atoms with Crippen molar-refractivity contribution in [2.24, 2.45) is 29.6 Å². The zero-order valence-corrected chi connectivity index (χ0v) is 43.6. The summed E-state index contributed by atoms with van der Waals surface area (Å²) in [7, 11) is 1.56. The zero-order chi connectivity index (χ0) is 52.5. The number of carbonyl (C=O) groups is 7. The van der Waals surface area contributed by atoms with E-state index in [0.29, 0.717) is 38.0 Å². The third-order valence-corrected chi connectivity index (χ3v) is 12.3. The van der Waals surface area contributed by atoms with Crippen LogP contribution in [0.1, 0.15) is 126 Å². The van der Waals surface area contributed by atoms with Crippen LogP contribution in [0.5, 0.6) is 5.75 Å². The molecule has 0 unspecified atom stereocenters. The molecule has 2 aromatic rings. The van der Waals surface area contributed by atoms with Gasteiger partial charge in [-0.1, -0.05) is 104 Å². The normalized spacial score (nSPS) is 17.3. The number of esters is 3. The van der Waals surface area contributed by atoms with Gasteiger partial charge in [0.25, 0.3) is 5.91 Å². The molecule has 4 N–H and O–H groups in total. The number of rotatable bonds is 25. The molecule has 4 amide bonds. The summed E-state index contributed by atoms with van der Waals surface area (Å²) in [6.07, 6.45) is -3.73. The maximum absolute atomic E-state index is 14.3. The standard InChI is InChI=1S/C53H80N4O13/c1-14-34(8)44(55-47(60)45(56-52(65)70-53(10,11)12)35(9)68-50(63)39(32(4)5)28-36-22-24-38(66-13)25-23-36)42(58)29-43(59)69-46(33(6)7)48(61)54-40(27-31(2)3)49(62)57-26-18-21-41(57)51(64)67-30-37-19-16-15-17-20-37/h15-17,19-20,22-25,31-35,39-42,44-46,58H,14,18,21,26-30H2,1-13H3,(H,54,61)(H,55,60)(H,56,65)/t34-,35+,39+,40-,41-,42-,44+,45-,46-/m0/s1. The molecule has 0 radical (unpaired) electrons. The van der Waals surface area contributed by atoms with Gasteiger partial charge in [-0.2, -0.15) is 0 Å². The number of hydrogen-bond donors (Lipinski definition) is 4. The Balaban J connectivity index is 1.77. The van der Waals surface area contributed by atoms with Gasteiger partial charge in [-0.3, -0.25) is 24.0 Å². The van der Waals surface area contributed by atoms with Crippen molar-refractivity contribution < 1.29 is 62.4 Å². The summed E-state index contributed by atoms with van der Waals surface area (Å²) in [5.41, 5.74) is 0.737. The lowest BCUT2D eigenvalue weighted by Crippen LogP contribution is -2.59. The fourth-order valence-electron chi connectivity index (χ4n) is 8.13. The highest BCUT2D eigenvalue weighted by Gasteiger charge is 2.41. The van der Waals surface area contributed by atoms with Gasteiger partial charge < -0.3 is 49.6 Å². The number of amides is 4. The second-order valence-corrected chi connectivity index (χ2v) is 20.5. The lowest BCUT2D eigenvalue weighted by atomic mass is 9.89. The summed E-state index contributed by atoms with van der Waals surface area (Å²) in [4.78, 5) is 97.6. The number of nitrogens with zero attached hydrogens (tertiary/aromatic N) is 1. The van der Waals surface area contributed by atoms with Crippen molar-refractivity contribution >= 4 is 41.7 Å². The van der Waals surface area contributed by atoms with E-state index in [4.69, 9.17) is 23.7 Å². The van der Waals surface area contributed by atoms with E-state index in [0.717, 1.165) is 11.1 Å². The Morgan fingerprint density at radius 2 is 1.44 bits per heavy atom. The Hall–Kier alpha value is -5.71. The fourth-order valence-corrected chi connectivity index (χ4v) is 8.13. The molecule has 9 atom stereocenters. The van der Waals surface area contributed by atoms with E-state index < -0.39 is 114 Å². The van der Waals surface area contributed by atoms with Crippen molar-refractivity contribution in [3.8, 4) is 5.75 Å². The monoisotopic (exact) mass is 981 g/mol. The van der Waals surface area contributed by atoms with E-state index in [1.807, 2.05) is 77.1 Å². The molecule has 1 aliphatic heterocycles. The topological polar surface area (TPSA) is 225 Å². The highest BCUT2D eigenvalue weighted by molar-refractivity contribution is 5.93. The highest BCUT2D eigenvalue weighted by atomic mass is 16.6. The second-order valence-electron chi connectivity index (χ2n) is 20.5. The lowest BCUT2D eigenvalue weighted by Gasteiger charge is -2.33. The first kappa shape index (κ1) is 58.6. The van der Waals surface area contributed by atoms with Crippen LogP contribution < -0.4 is 20.7 Å². The van der Waals surface area contributed by atoms with Gasteiger partial charge in [-0.15, -0.1) is 0 Å². The first-order valence-electron chi connectivity index (χ1n) is 24.7. The smallest absolute Gasteiger partial charge is 0.408 e. The molecule has 1 fully saturated rings. The Morgan fingerprint density at radius 1 is 0.800 bits per heavy atom. The van der Waals surface area contributed by atoms with Gasteiger partial charge in [0.1, 0.15) is 42.2 Å². The number of benzene rings is 2. The highest BCUT2D eigenvalue weighted by Crippen LogP contribution is 2.25. The summed E-state index contributed by atoms with van der Waals surface area (Å²) in [6, 6.07) is 12.1. The molecule has 0 saturated carbocycles. The maximum Gasteiger partial charge on any atom is 0.408 e. The van der Waals surface area contributed by atoms with Crippen molar-refractivity contribution in [1.82, 2.24) is 20.9 Å². The van der Waals surface area contributed by atoms with Crippen molar-refractivity contribution in [2.45, 2.75) is 176 Å². The number of alkyl carbamates (subject to hydrolysis) is 1. The van der Waals surface area contributed by atoms with Crippen LogP contribution in [0.4, 0.5) is 4.79 Å². The SMILES string of the molecule is CC[C@H](C)[C@@H](NC(=O)[C@@H](NC(=O)OC(C)(C)C)[C@@H](C)OC(=O)[C@H](Cc1ccc(OC)cc1)C(C)C)[C@@H](O)CC(=O)O[C@H](C(=O)N[C@@H](CC(C)C)C(=O)N1CCC[C@H]1C(=O)OCc1ccccc1)C(C)C. The summed E-state index contributed by atoms with van der Waals surface area (Å²) in [5, 5.41) is 19.7. The Labute approximate surface area is 414 Å². The van der Waals surface area contributed by atoms with E-state index in [2.05, 4.69) is 16.0 Å². The molecule has 2 aromatic carbocycles. The molecule has 3 rings (SSSR count). The first-order chi connectivity index (χ1) is 32.8. The number of carbonyl (C=O) groups excluding carboxylic acids is 7. The molecular formula is C53H80N4O13. The number of aliphatic hydroxyl groups is 1. The minimum atomic E-state index is -1.54. The average molecular weight is 981 g/mol. The van der Waals surface area contributed by atoms with Crippen LogP contribution in [0.3, 0.4) is 0 Å². The van der Waals surface area contributed by atoms with E-state index in [1.165, 1.54) is 11.8 Å². The molecule has 17 nitrogen and oxygen atoms in total. The largest absolute Gasteiger partial charge is 0.497 e. The van der Waals surface area contributed by atoms with Crippen LogP contribution in [0.25, 0.3) is 0 Å². The number of hydrogen-bond acceptors (Lipinski definition) is 13. The molecule has 1 saturated heterocycles. The van der Waals surface area contributed by atoms with Crippen molar-refractivity contribution in [2.75, 3.05) is 13.7 Å². The van der Waals surface area contributed by atoms with E-state index in [-0.39, 0.29) is 24.9 Å². The molecule has 0 bridgehead atoms. The van der Waals surface area contributed by atoms with Crippen LogP contribution in [0, 0.1) is 29.6 Å². The zero-order valence-electron chi connectivity index (χ0n) is 43.6. The summed E-state index contributed by atoms with van der Waals surface area (Å²) in [6.45, 7) is 21.3. The first-order valence-corrected chi connectivity index (χ1v) is 24.7. The fraction of sp³-hybridized carbons (Fsp3) is 0.642. The third kappa shape index (κ3) is 18.6. The van der Waals surface area contributed by atoms with Gasteiger partial charge in [-0.05, 0) is 100 Å². The third-order valence-electron chi connectivity index (χ3n) is 12.3. The van der Waals surface area contributed by atoms with Gasteiger partial charge in [0.2, 0.25) is 11.8 Å². The summed E-state index contributed by atoms with van der Waals surface area (Å²) in [5.74, 6) is -5.21. The lowest BCUT2D eigenvalue weighted by molar-refractivity contribution is -0.162. The molecule has 70 heavy (non-hydrogen) atoms. The molecule has 17 heteroatoms. The number of methoxy groups -OCH3 is 1. The minimum Gasteiger partial charge on any atom is -0.497 e. The molecule has 1 aliphatic rings. The summed E-state index contributed by atoms with van der Waals surface area (Å²) < 4.78 is 27.9. The van der Waals surface area contributed by atoms with Crippen molar-refractivity contribution in [3.63, 3.8) is 0 Å². The molecule has 390 valence electrons. The van der Waals surface area contributed by atoms with Gasteiger partial charge in [0, 0.05) is 6.54 Å². The maximum atomic E-state index is 14.3. The quantitative estimate of drug-likeness (QED) is 0.0621. The Bertz CT molecular complexity index is 2020. The van der Waals surface area contributed by atoms with Crippen LogP contribution >= 0.6 is 0 Å². The van der Waals surface area contributed by atoms with Crippen LogP contribution in [0.15, 0.2) is 54.6 Å². The molecule has 0 spiro atoms. The number of likely N-dealkylation sites (tertiary alicyclic amines) is 1. The van der Waals surface area contributed by atoms with Gasteiger partial charge in [0.05, 0.1) is 31.6 Å². The van der Waals surface area contributed by atoms with Gasteiger partial charge >= 0.3 is 24.0 Å². The summed E-state index contributed by atoms with van der Waals surface area (Å²) >= 11 is 0. The number of ether oxygens (including phenoxy) is 5. The minimum absolute atomic E-state index is 0.0423. The van der Waals surface area contributed by atoms with E-state index in [9.17, 15) is 38.7 Å². The molecular weight excluding hydrogens is 901 g/mol. The average Bonchev–Trinajstić information content (AvgIpc) is 3.79. The van der Waals surface area contributed by atoms with Crippen LogP contribution in [-0.2, 0) is 60.7 Å². The second kappa shape index (κ2) is 27.6. The van der Waals surface area contributed by atoms with Crippen molar-refractivity contribution in [3.05, 3.63) is 65.7 Å². The van der Waals surface area contributed by atoms with E-state index in [1.54, 1.807) is 60.8 Å². The number of aliphatic hydroxyl groups excluding tert-OH is 1. The van der Waals surface area contributed by atoms with Gasteiger partial charge in [0.15, 0.2) is 6.10 Å². The molecule has 1 heterocycles. The van der Waals surface area contributed by atoms with Gasteiger partial charge in [-0.25, -0.2) is 9.59 Å². The van der Waals surface area contributed by atoms with Crippen LogP contribution in [-0.4, -0.2) is 113 Å². The van der Waals surface area contributed by atoms with E-state index >= 15 is 0 Å². The Kier molecular flexibility index (Phi) is 23.1. The predicted octanol–water partition coefficient (Wildman–Crippen LogP) is 6.45. The Morgan fingerprint density at radius 3 is 2.00 bits per heavy atom. The predicted molar refractivity (Wildman–Crippen MR) is 263 cm³/mol. The molecule has 0 aliphatic carbocycles. The van der Waals surface area contributed by atoms with Crippen molar-refractivity contribution in [1.29, 1.82) is 0 Å². The molecule has 0 aromatic heterocycles. The van der Waals surface area contributed by atoms with Crippen LogP contribution in [0.2, 0.25) is 0 Å². The number of nitrogens with one attached hydrogen (secondary N) is 3.